The maximum Gasteiger partial charge on any atom is 0.254 e. The van der Waals surface area contributed by atoms with Crippen molar-refractivity contribution in [3.05, 3.63) is 51.7 Å². The molecule has 1 aromatic carbocycles. The Balaban J connectivity index is 1.71. The van der Waals surface area contributed by atoms with E-state index in [0.29, 0.717) is 42.9 Å². The number of aryl methyl sites for hydroxylation is 2. The minimum absolute atomic E-state index is 0.0239. The average Bonchev–Trinajstić information content (AvgIpc) is 2.78. The molecule has 0 bridgehead atoms. The van der Waals surface area contributed by atoms with Gasteiger partial charge in [0.1, 0.15) is 11.6 Å². The maximum absolute atomic E-state index is 12.6. The lowest BCUT2D eigenvalue weighted by atomic mass is 9.98. The van der Waals surface area contributed by atoms with Gasteiger partial charge in [-0.2, -0.15) is 0 Å². The highest BCUT2D eigenvalue weighted by Gasteiger charge is 2.24. The van der Waals surface area contributed by atoms with Gasteiger partial charge in [0.25, 0.3) is 5.56 Å². The zero-order valence-electron chi connectivity index (χ0n) is 13.9. The van der Waals surface area contributed by atoms with Crippen molar-refractivity contribution in [2.24, 2.45) is 5.92 Å². The van der Waals surface area contributed by atoms with Gasteiger partial charge in [-0.05, 0) is 44.7 Å². The van der Waals surface area contributed by atoms with Crippen molar-refractivity contribution in [3.8, 4) is 5.75 Å². The van der Waals surface area contributed by atoms with Crippen molar-refractivity contribution in [1.82, 2.24) is 9.97 Å². The van der Waals surface area contributed by atoms with Crippen molar-refractivity contribution < 1.29 is 9.53 Å². The average molecular weight is 327 g/mol. The number of amides is 1. The highest BCUT2D eigenvalue weighted by atomic mass is 16.5. The van der Waals surface area contributed by atoms with Crippen molar-refractivity contribution in [2.75, 3.05) is 12.4 Å². The number of aromatic amines is 1. The second-order valence-electron chi connectivity index (χ2n) is 6.07. The van der Waals surface area contributed by atoms with Gasteiger partial charge in [0, 0.05) is 23.2 Å². The second kappa shape index (κ2) is 6.86. The lowest BCUT2D eigenvalue weighted by Gasteiger charge is -2.14. The molecule has 0 spiro atoms. The first-order valence-corrected chi connectivity index (χ1v) is 8.10. The molecule has 6 heteroatoms. The maximum atomic E-state index is 12.6. The predicted octanol–water partition coefficient (Wildman–Crippen LogP) is 2.22. The van der Waals surface area contributed by atoms with Crippen LogP contribution in [0.3, 0.4) is 0 Å². The lowest BCUT2D eigenvalue weighted by molar-refractivity contribution is -0.120. The van der Waals surface area contributed by atoms with E-state index in [9.17, 15) is 9.59 Å². The molecule has 24 heavy (non-hydrogen) atoms. The molecule has 0 fully saturated rings. The number of H-pyrrole nitrogens is 1. The number of nitrogens with one attached hydrogen (secondary N) is 2. The van der Waals surface area contributed by atoms with Crippen molar-refractivity contribution in [3.63, 3.8) is 0 Å². The molecular weight excluding hydrogens is 306 g/mol. The number of ether oxygens (including phenoxy) is 1. The standard InChI is InChI=1S/C18H21N3O3/c1-11-19-16-9-7-12(6-8-15(16)18(23)20-11)17(22)21-13-4-3-5-14(10-13)24-2/h3-5,10,12H,6-9H2,1-2H3,(H,21,22)(H,19,20,23). The number of rotatable bonds is 3. The minimum Gasteiger partial charge on any atom is -0.497 e. The number of aromatic nitrogens is 2. The van der Waals surface area contributed by atoms with Crippen LogP contribution in [0.25, 0.3) is 0 Å². The van der Waals surface area contributed by atoms with Gasteiger partial charge in [-0.15, -0.1) is 0 Å². The quantitative estimate of drug-likeness (QED) is 0.847. The molecule has 0 aliphatic heterocycles. The molecular formula is C18H21N3O3. The van der Waals surface area contributed by atoms with Crippen LogP contribution in [0, 0.1) is 12.8 Å². The summed E-state index contributed by atoms with van der Waals surface area (Å²) in [5, 5.41) is 2.94. The van der Waals surface area contributed by atoms with Gasteiger partial charge in [-0.25, -0.2) is 4.98 Å². The molecule has 0 saturated heterocycles. The van der Waals surface area contributed by atoms with Crippen LogP contribution < -0.4 is 15.6 Å². The molecule has 3 rings (SSSR count). The highest BCUT2D eigenvalue weighted by Crippen LogP contribution is 2.24. The number of methoxy groups -OCH3 is 1. The van der Waals surface area contributed by atoms with E-state index in [4.69, 9.17) is 4.74 Å². The van der Waals surface area contributed by atoms with E-state index in [2.05, 4.69) is 15.3 Å². The summed E-state index contributed by atoms with van der Waals surface area (Å²) in [4.78, 5) is 31.8. The second-order valence-corrected chi connectivity index (χ2v) is 6.07. The topological polar surface area (TPSA) is 84.1 Å². The summed E-state index contributed by atoms with van der Waals surface area (Å²) in [7, 11) is 1.59. The molecule has 1 atom stereocenters. The fourth-order valence-electron chi connectivity index (χ4n) is 3.11. The smallest absolute Gasteiger partial charge is 0.254 e. The van der Waals surface area contributed by atoms with E-state index in [-0.39, 0.29) is 17.4 Å². The first-order chi connectivity index (χ1) is 11.6. The molecule has 6 nitrogen and oxygen atoms in total. The van der Waals surface area contributed by atoms with Gasteiger partial charge >= 0.3 is 0 Å². The first-order valence-electron chi connectivity index (χ1n) is 8.10. The Bertz CT molecular complexity index is 813. The normalized spacial score (nSPS) is 16.8. The number of benzene rings is 1. The molecule has 1 aliphatic carbocycles. The van der Waals surface area contributed by atoms with Gasteiger partial charge in [0.2, 0.25) is 5.91 Å². The van der Waals surface area contributed by atoms with E-state index in [1.807, 2.05) is 18.2 Å². The summed E-state index contributed by atoms with van der Waals surface area (Å²) in [6, 6.07) is 7.29. The van der Waals surface area contributed by atoms with Gasteiger partial charge in [-0.1, -0.05) is 6.07 Å². The number of carbonyl (C=O) groups excluding carboxylic acids is 1. The number of nitrogens with zero attached hydrogens (tertiary/aromatic N) is 1. The largest absolute Gasteiger partial charge is 0.497 e. The van der Waals surface area contributed by atoms with Crippen LogP contribution in [-0.2, 0) is 17.6 Å². The van der Waals surface area contributed by atoms with Crippen molar-refractivity contribution in [1.29, 1.82) is 0 Å². The van der Waals surface area contributed by atoms with Crippen molar-refractivity contribution in [2.45, 2.75) is 32.6 Å². The Morgan fingerprint density at radius 1 is 1.33 bits per heavy atom. The molecule has 1 aliphatic rings. The first kappa shape index (κ1) is 16.2. The zero-order valence-corrected chi connectivity index (χ0v) is 13.9. The Labute approximate surface area is 140 Å². The van der Waals surface area contributed by atoms with E-state index in [0.717, 1.165) is 11.3 Å². The summed E-state index contributed by atoms with van der Waals surface area (Å²) >= 11 is 0. The zero-order chi connectivity index (χ0) is 17.1. The van der Waals surface area contributed by atoms with Gasteiger partial charge in [-0.3, -0.25) is 9.59 Å². The molecule has 1 aromatic heterocycles. The van der Waals surface area contributed by atoms with Crippen LogP contribution >= 0.6 is 0 Å². The molecule has 0 radical (unpaired) electrons. The monoisotopic (exact) mass is 327 g/mol. The third-order valence-corrected chi connectivity index (χ3v) is 4.40. The van der Waals surface area contributed by atoms with Crippen LogP contribution in [0.2, 0.25) is 0 Å². The summed E-state index contributed by atoms with van der Waals surface area (Å²) in [5.41, 5.74) is 2.18. The molecule has 126 valence electrons. The number of hydrogen-bond acceptors (Lipinski definition) is 4. The van der Waals surface area contributed by atoms with Crippen molar-refractivity contribution >= 4 is 11.6 Å². The van der Waals surface area contributed by atoms with E-state index >= 15 is 0 Å². The van der Waals surface area contributed by atoms with Gasteiger partial charge < -0.3 is 15.0 Å². The Morgan fingerprint density at radius 3 is 2.92 bits per heavy atom. The predicted molar refractivity (Wildman–Crippen MR) is 91.4 cm³/mol. The molecule has 0 saturated carbocycles. The highest BCUT2D eigenvalue weighted by molar-refractivity contribution is 5.92. The number of hydrogen-bond donors (Lipinski definition) is 2. The summed E-state index contributed by atoms with van der Waals surface area (Å²) in [5.74, 6) is 1.17. The third kappa shape index (κ3) is 3.48. The van der Waals surface area contributed by atoms with Crippen LogP contribution in [0.4, 0.5) is 5.69 Å². The number of carbonyl (C=O) groups is 1. The molecule has 1 unspecified atom stereocenters. The molecule has 2 N–H and O–H groups in total. The third-order valence-electron chi connectivity index (χ3n) is 4.40. The molecule has 2 aromatic rings. The minimum atomic E-state index is -0.134. The Morgan fingerprint density at radius 2 is 2.12 bits per heavy atom. The summed E-state index contributed by atoms with van der Waals surface area (Å²) in [6.45, 7) is 1.78. The van der Waals surface area contributed by atoms with Gasteiger partial charge in [0.05, 0.1) is 12.8 Å². The Hall–Kier alpha value is -2.63. The van der Waals surface area contributed by atoms with Crippen LogP contribution in [0.15, 0.2) is 29.1 Å². The SMILES string of the molecule is COc1cccc(NC(=O)C2CCc3nc(C)[nH]c(=O)c3CC2)c1. The van der Waals surface area contributed by atoms with Crippen LogP contribution in [0.1, 0.15) is 29.9 Å². The molecule has 1 amide bonds. The Kier molecular flexibility index (Phi) is 4.64. The lowest BCUT2D eigenvalue weighted by Crippen LogP contribution is -2.23. The van der Waals surface area contributed by atoms with E-state index in [1.165, 1.54) is 0 Å². The van der Waals surface area contributed by atoms with Crippen LogP contribution in [-0.4, -0.2) is 23.0 Å². The van der Waals surface area contributed by atoms with Crippen LogP contribution in [0.5, 0.6) is 5.75 Å². The van der Waals surface area contributed by atoms with E-state index in [1.54, 1.807) is 20.1 Å². The molecule has 1 heterocycles. The fourth-order valence-corrected chi connectivity index (χ4v) is 3.11. The summed E-state index contributed by atoms with van der Waals surface area (Å²) < 4.78 is 5.17. The summed E-state index contributed by atoms with van der Waals surface area (Å²) in [6.07, 6.45) is 2.57. The van der Waals surface area contributed by atoms with Gasteiger partial charge in [0.15, 0.2) is 0 Å². The van der Waals surface area contributed by atoms with E-state index < -0.39 is 0 Å². The fraction of sp³-hybridized carbons (Fsp3) is 0.389. The number of fused-ring (bicyclic) bond motifs is 1. The number of anilines is 1.